The molecule has 1 aliphatic heterocycles. The van der Waals surface area contributed by atoms with E-state index < -0.39 is 0 Å². The van der Waals surface area contributed by atoms with Gasteiger partial charge in [-0.25, -0.2) is 0 Å². The van der Waals surface area contributed by atoms with Gasteiger partial charge in [0.05, 0.1) is 6.61 Å². The zero-order chi connectivity index (χ0) is 11.1. The fourth-order valence-electron chi connectivity index (χ4n) is 1.97. The average molecular weight is 204 g/mol. The first-order valence-corrected chi connectivity index (χ1v) is 5.29. The van der Waals surface area contributed by atoms with E-state index in [1.807, 2.05) is 18.2 Å². The Balaban J connectivity index is 2.50. The molecule has 2 rings (SSSR count). The molecule has 0 fully saturated rings. The van der Waals surface area contributed by atoms with Gasteiger partial charge in [-0.15, -0.1) is 0 Å². The first-order chi connectivity index (χ1) is 7.00. The number of Topliss-reactive ketones (excluding diaryl/α,β-unsaturated/α-hetero) is 1. The van der Waals surface area contributed by atoms with Gasteiger partial charge in [0.1, 0.15) is 5.75 Å². The van der Waals surface area contributed by atoms with E-state index in [4.69, 9.17) is 4.74 Å². The van der Waals surface area contributed by atoms with Crippen molar-refractivity contribution in [1.29, 1.82) is 0 Å². The summed E-state index contributed by atoms with van der Waals surface area (Å²) in [7, 11) is 0. The van der Waals surface area contributed by atoms with Gasteiger partial charge in [0, 0.05) is 5.56 Å². The molecule has 1 aromatic carbocycles. The van der Waals surface area contributed by atoms with Gasteiger partial charge < -0.3 is 4.74 Å². The summed E-state index contributed by atoms with van der Waals surface area (Å²) in [6.45, 7) is 6.74. The topological polar surface area (TPSA) is 26.3 Å². The standard InChI is InChI=1S/C13H16O2/c1-9(14)10-4-5-11-12(8-10)15-7-6-13(11,2)3/h4-5,8H,6-7H2,1-3H3. The van der Waals surface area contributed by atoms with Crippen LogP contribution in [0.3, 0.4) is 0 Å². The minimum Gasteiger partial charge on any atom is -0.493 e. The van der Waals surface area contributed by atoms with Crippen LogP contribution < -0.4 is 4.74 Å². The van der Waals surface area contributed by atoms with Crippen molar-refractivity contribution in [2.24, 2.45) is 0 Å². The maximum atomic E-state index is 11.2. The number of hydrogen-bond acceptors (Lipinski definition) is 2. The van der Waals surface area contributed by atoms with E-state index in [-0.39, 0.29) is 11.2 Å². The molecule has 0 aromatic heterocycles. The van der Waals surface area contributed by atoms with Crippen molar-refractivity contribution in [2.45, 2.75) is 32.6 Å². The number of hydrogen-bond donors (Lipinski definition) is 0. The zero-order valence-electron chi connectivity index (χ0n) is 9.46. The van der Waals surface area contributed by atoms with Crippen LogP contribution in [0.15, 0.2) is 18.2 Å². The minimum atomic E-state index is 0.0878. The summed E-state index contributed by atoms with van der Waals surface area (Å²) in [6, 6.07) is 5.77. The molecule has 0 unspecified atom stereocenters. The van der Waals surface area contributed by atoms with Gasteiger partial charge in [0.25, 0.3) is 0 Å². The summed E-state index contributed by atoms with van der Waals surface area (Å²) >= 11 is 0. The van der Waals surface area contributed by atoms with E-state index in [9.17, 15) is 4.79 Å². The van der Waals surface area contributed by atoms with Crippen LogP contribution in [0.5, 0.6) is 5.75 Å². The number of fused-ring (bicyclic) bond motifs is 1. The molecular weight excluding hydrogens is 188 g/mol. The van der Waals surface area contributed by atoms with E-state index in [1.54, 1.807) is 6.92 Å². The Kier molecular flexibility index (Phi) is 2.29. The maximum absolute atomic E-state index is 11.2. The highest BCUT2D eigenvalue weighted by Gasteiger charge is 2.28. The Morgan fingerprint density at radius 1 is 1.40 bits per heavy atom. The van der Waals surface area contributed by atoms with Crippen LogP contribution in [0.4, 0.5) is 0 Å². The van der Waals surface area contributed by atoms with Crippen LogP contribution >= 0.6 is 0 Å². The Bertz CT molecular complexity index is 405. The lowest BCUT2D eigenvalue weighted by atomic mass is 9.79. The highest BCUT2D eigenvalue weighted by Crippen LogP contribution is 2.38. The molecule has 0 saturated heterocycles. The molecule has 2 nitrogen and oxygen atoms in total. The molecule has 0 radical (unpaired) electrons. The second-order valence-corrected chi connectivity index (χ2v) is 4.75. The fraction of sp³-hybridized carbons (Fsp3) is 0.462. The highest BCUT2D eigenvalue weighted by atomic mass is 16.5. The Hall–Kier alpha value is -1.31. The molecule has 80 valence electrons. The number of ether oxygens (including phenoxy) is 1. The average Bonchev–Trinajstić information content (AvgIpc) is 2.16. The summed E-state index contributed by atoms with van der Waals surface area (Å²) in [5, 5.41) is 0. The van der Waals surface area contributed by atoms with Gasteiger partial charge in [-0.1, -0.05) is 26.0 Å². The van der Waals surface area contributed by atoms with Gasteiger partial charge >= 0.3 is 0 Å². The molecule has 1 heterocycles. The van der Waals surface area contributed by atoms with Crippen LogP contribution in [0, 0.1) is 0 Å². The Morgan fingerprint density at radius 2 is 2.13 bits per heavy atom. The van der Waals surface area contributed by atoms with Crippen molar-refractivity contribution in [2.75, 3.05) is 6.61 Å². The molecule has 1 aromatic rings. The summed E-state index contributed by atoms with van der Waals surface area (Å²) < 4.78 is 5.60. The lowest BCUT2D eigenvalue weighted by molar-refractivity contribution is 0.101. The van der Waals surface area contributed by atoms with E-state index in [2.05, 4.69) is 13.8 Å². The predicted octanol–water partition coefficient (Wildman–Crippen LogP) is 2.95. The summed E-state index contributed by atoms with van der Waals surface area (Å²) in [5.41, 5.74) is 2.09. The van der Waals surface area contributed by atoms with Crippen LogP contribution in [-0.4, -0.2) is 12.4 Å². The Morgan fingerprint density at radius 3 is 2.80 bits per heavy atom. The second-order valence-electron chi connectivity index (χ2n) is 4.75. The summed E-state index contributed by atoms with van der Waals surface area (Å²) in [6.07, 6.45) is 1.03. The SMILES string of the molecule is CC(=O)c1ccc2c(c1)OCCC2(C)C. The lowest BCUT2D eigenvalue weighted by Gasteiger charge is -2.32. The van der Waals surface area contributed by atoms with Crippen molar-refractivity contribution in [3.05, 3.63) is 29.3 Å². The number of rotatable bonds is 1. The second kappa shape index (κ2) is 3.37. The van der Waals surface area contributed by atoms with Gasteiger partial charge in [0.15, 0.2) is 5.78 Å². The number of benzene rings is 1. The van der Waals surface area contributed by atoms with Crippen LogP contribution in [0.1, 0.15) is 43.1 Å². The molecule has 0 saturated carbocycles. The molecule has 0 bridgehead atoms. The molecule has 0 aliphatic carbocycles. The van der Waals surface area contributed by atoms with Crippen molar-refractivity contribution in [3.63, 3.8) is 0 Å². The first kappa shape index (κ1) is 10.2. The van der Waals surface area contributed by atoms with Crippen molar-refractivity contribution < 1.29 is 9.53 Å². The molecule has 0 amide bonds. The van der Waals surface area contributed by atoms with Crippen molar-refractivity contribution >= 4 is 5.78 Å². The van der Waals surface area contributed by atoms with Gasteiger partial charge in [-0.3, -0.25) is 4.79 Å². The van der Waals surface area contributed by atoms with Gasteiger partial charge in [-0.05, 0) is 30.4 Å². The largest absolute Gasteiger partial charge is 0.493 e. The summed E-state index contributed by atoms with van der Waals surface area (Å²) in [4.78, 5) is 11.2. The molecular formula is C13H16O2. The number of carbonyl (C=O) groups excluding carboxylic acids is 1. The first-order valence-electron chi connectivity index (χ1n) is 5.29. The number of ketones is 1. The van der Waals surface area contributed by atoms with Gasteiger partial charge in [0.2, 0.25) is 0 Å². The Labute approximate surface area is 90.3 Å². The molecule has 2 heteroatoms. The molecule has 0 spiro atoms. The van der Waals surface area contributed by atoms with Crippen LogP contribution in [0.25, 0.3) is 0 Å². The van der Waals surface area contributed by atoms with E-state index in [1.165, 1.54) is 5.56 Å². The van der Waals surface area contributed by atoms with E-state index >= 15 is 0 Å². The lowest BCUT2D eigenvalue weighted by Crippen LogP contribution is -2.26. The molecule has 15 heavy (non-hydrogen) atoms. The smallest absolute Gasteiger partial charge is 0.159 e. The molecule has 0 N–H and O–H groups in total. The third-order valence-corrected chi connectivity index (χ3v) is 3.10. The fourth-order valence-corrected chi connectivity index (χ4v) is 1.97. The maximum Gasteiger partial charge on any atom is 0.159 e. The third-order valence-electron chi connectivity index (χ3n) is 3.10. The van der Waals surface area contributed by atoms with Crippen LogP contribution in [-0.2, 0) is 5.41 Å². The highest BCUT2D eigenvalue weighted by molar-refractivity contribution is 5.94. The summed E-state index contributed by atoms with van der Waals surface area (Å²) in [5.74, 6) is 0.962. The molecule has 1 aliphatic rings. The van der Waals surface area contributed by atoms with Crippen LogP contribution in [0.2, 0.25) is 0 Å². The van der Waals surface area contributed by atoms with Crippen molar-refractivity contribution in [3.8, 4) is 5.75 Å². The normalized spacial score (nSPS) is 17.8. The third kappa shape index (κ3) is 1.76. The zero-order valence-corrected chi connectivity index (χ0v) is 9.46. The quantitative estimate of drug-likeness (QED) is 0.657. The van der Waals surface area contributed by atoms with Crippen molar-refractivity contribution in [1.82, 2.24) is 0 Å². The number of carbonyl (C=O) groups is 1. The van der Waals surface area contributed by atoms with Gasteiger partial charge in [-0.2, -0.15) is 0 Å². The van der Waals surface area contributed by atoms with E-state index in [0.717, 1.165) is 24.3 Å². The minimum absolute atomic E-state index is 0.0878. The molecule has 0 atom stereocenters. The predicted molar refractivity (Wildman–Crippen MR) is 59.6 cm³/mol. The monoisotopic (exact) mass is 204 g/mol. The van der Waals surface area contributed by atoms with E-state index in [0.29, 0.717) is 0 Å².